The lowest BCUT2D eigenvalue weighted by molar-refractivity contribution is -0.161. The van der Waals surface area contributed by atoms with Gasteiger partial charge < -0.3 is 20.2 Å². The Morgan fingerprint density at radius 1 is 1.18 bits per heavy atom. The van der Waals surface area contributed by atoms with Crippen molar-refractivity contribution in [3.05, 3.63) is 48.3 Å². The predicted octanol–water partition coefficient (Wildman–Crippen LogP) is 1.83. The molecule has 1 amide bonds. The number of carbonyl (C=O) groups is 1. The molecule has 0 bridgehead atoms. The van der Waals surface area contributed by atoms with E-state index in [4.69, 9.17) is 0 Å². The summed E-state index contributed by atoms with van der Waals surface area (Å²) in [4.78, 5) is 22.6. The molecule has 0 spiro atoms. The number of nitrogens with zero attached hydrogens (tertiary/aromatic N) is 4. The fourth-order valence-corrected chi connectivity index (χ4v) is 2.90. The van der Waals surface area contributed by atoms with Crippen LogP contribution in [0.3, 0.4) is 0 Å². The fourth-order valence-electron chi connectivity index (χ4n) is 2.90. The van der Waals surface area contributed by atoms with Crippen LogP contribution in [0.1, 0.15) is 11.7 Å². The third-order valence-corrected chi connectivity index (χ3v) is 4.33. The zero-order valence-corrected chi connectivity index (χ0v) is 14.9. The van der Waals surface area contributed by atoms with E-state index in [1.165, 1.54) is 6.33 Å². The zero-order valence-electron chi connectivity index (χ0n) is 14.9. The number of hydrogen-bond acceptors (Lipinski definition) is 6. The molecule has 1 aliphatic heterocycles. The molecule has 3 rings (SSSR count). The molecule has 1 aliphatic rings. The second-order valence-corrected chi connectivity index (χ2v) is 6.42. The molecule has 0 aliphatic carbocycles. The summed E-state index contributed by atoms with van der Waals surface area (Å²) < 4.78 is 37.5. The van der Waals surface area contributed by atoms with Crippen LogP contribution in [0.4, 0.5) is 24.8 Å². The minimum atomic E-state index is -4.41. The van der Waals surface area contributed by atoms with Gasteiger partial charge in [-0.05, 0) is 5.56 Å². The molecule has 10 heteroatoms. The standard InChI is InChI=1S/C18H20F3N5O2/c19-18(20,21)11-26-7-6-25(10-17(26)28)16-8-15(23-12-24-16)22-9-14(27)13-4-2-1-3-5-13/h1-5,8,12,14,27H,6-7,9-11H2,(H,22,23,24). The molecular weight excluding hydrogens is 375 g/mol. The van der Waals surface area contributed by atoms with Crippen LogP contribution in [0, 0.1) is 0 Å². The van der Waals surface area contributed by atoms with Gasteiger partial charge in [0.25, 0.3) is 0 Å². The van der Waals surface area contributed by atoms with Gasteiger partial charge >= 0.3 is 6.18 Å². The second kappa shape index (κ2) is 8.42. The van der Waals surface area contributed by atoms with Gasteiger partial charge in [-0.25, -0.2) is 9.97 Å². The molecule has 1 fully saturated rings. The van der Waals surface area contributed by atoms with E-state index in [0.717, 1.165) is 10.5 Å². The number of carbonyl (C=O) groups excluding carboxylic acids is 1. The molecule has 2 aromatic rings. The molecular formula is C18H20F3N5O2. The Morgan fingerprint density at radius 2 is 1.93 bits per heavy atom. The van der Waals surface area contributed by atoms with E-state index in [0.29, 0.717) is 11.6 Å². The quantitative estimate of drug-likeness (QED) is 0.777. The van der Waals surface area contributed by atoms with E-state index in [-0.39, 0.29) is 26.2 Å². The maximum atomic E-state index is 12.5. The Kier molecular flexibility index (Phi) is 5.98. The first-order valence-electron chi connectivity index (χ1n) is 8.70. The van der Waals surface area contributed by atoms with Gasteiger partial charge in [-0.15, -0.1) is 0 Å². The summed E-state index contributed by atoms with van der Waals surface area (Å²) in [5.74, 6) is 0.285. The smallest absolute Gasteiger partial charge is 0.387 e. The summed E-state index contributed by atoms with van der Waals surface area (Å²) in [7, 11) is 0. The minimum Gasteiger partial charge on any atom is -0.387 e. The van der Waals surface area contributed by atoms with Crippen molar-refractivity contribution in [2.45, 2.75) is 12.3 Å². The van der Waals surface area contributed by atoms with Crippen LogP contribution in [0.5, 0.6) is 0 Å². The Labute approximate surface area is 159 Å². The number of rotatable bonds is 6. The number of halogens is 3. The molecule has 150 valence electrons. The minimum absolute atomic E-state index is 0.0299. The highest BCUT2D eigenvalue weighted by molar-refractivity contribution is 5.82. The number of benzene rings is 1. The van der Waals surface area contributed by atoms with Gasteiger partial charge in [0.1, 0.15) is 24.5 Å². The Balaban J connectivity index is 1.58. The third-order valence-electron chi connectivity index (χ3n) is 4.33. The second-order valence-electron chi connectivity index (χ2n) is 6.42. The van der Waals surface area contributed by atoms with Crippen LogP contribution in [-0.2, 0) is 4.79 Å². The number of nitrogens with one attached hydrogen (secondary N) is 1. The highest BCUT2D eigenvalue weighted by atomic mass is 19.4. The van der Waals surface area contributed by atoms with Gasteiger partial charge in [0.05, 0.1) is 12.6 Å². The molecule has 1 aromatic heterocycles. The summed E-state index contributed by atoms with van der Waals surface area (Å²) >= 11 is 0. The van der Waals surface area contributed by atoms with Gasteiger partial charge in [0.2, 0.25) is 5.91 Å². The van der Waals surface area contributed by atoms with Crippen molar-refractivity contribution in [1.29, 1.82) is 0 Å². The number of hydrogen-bond donors (Lipinski definition) is 2. The largest absolute Gasteiger partial charge is 0.406 e. The van der Waals surface area contributed by atoms with Gasteiger partial charge in [-0.3, -0.25) is 4.79 Å². The van der Waals surface area contributed by atoms with Crippen molar-refractivity contribution in [2.75, 3.05) is 42.9 Å². The van der Waals surface area contributed by atoms with Crippen LogP contribution in [0.25, 0.3) is 0 Å². The molecule has 1 unspecified atom stereocenters. The van der Waals surface area contributed by atoms with Gasteiger partial charge in [0, 0.05) is 25.7 Å². The maximum Gasteiger partial charge on any atom is 0.406 e. The number of aliphatic hydroxyl groups is 1. The fraction of sp³-hybridized carbons (Fsp3) is 0.389. The average molecular weight is 395 g/mol. The van der Waals surface area contributed by atoms with E-state index < -0.39 is 24.7 Å². The van der Waals surface area contributed by atoms with Gasteiger partial charge in [-0.2, -0.15) is 13.2 Å². The van der Waals surface area contributed by atoms with Crippen molar-refractivity contribution in [2.24, 2.45) is 0 Å². The first-order valence-corrected chi connectivity index (χ1v) is 8.70. The topological polar surface area (TPSA) is 81.6 Å². The summed E-state index contributed by atoms with van der Waals surface area (Å²) in [6.45, 7) is -0.992. The van der Waals surface area contributed by atoms with Crippen LogP contribution < -0.4 is 10.2 Å². The van der Waals surface area contributed by atoms with Crippen LogP contribution in [0.2, 0.25) is 0 Å². The van der Waals surface area contributed by atoms with Gasteiger partial charge in [0.15, 0.2) is 0 Å². The summed E-state index contributed by atoms with van der Waals surface area (Å²) in [5, 5.41) is 13.2. The molecule has 2 N–H and O–H groups in total. The first-order chi connectivity index (χ1) is 13.3. The summed E-state index contributed by atoms with van der Waals surface area (Å²) in [5.41, 5.74) is 0.760. The number of aromatic nitrogens is 2. The zero-order chi connectivity index (χ0) is 20.1. The molecule has 1 atom stereocenters. The van der Waals surface area contributed by atoms with Crippen LogP contribution >= 0.6 is 0 Å². The average Bonchev–Trinajstić information content (AvgIpc) is 2.67. The van der Waals surface area contributed by atoms with Crippen LogP contribution in [0.15, 0.2) is 42.7 Å². The van der Waals surface area contributed by atoms with E-state index in [1.807, 2.05) is 30.3 Å². The maximum absolute atomic E-state index is 12.5. The lowest BCUT2D eigenvalue weighted by atomic mass is 10.1. The summed E-state index contributed by atoms with van der Waals surface area (Å²) in [6, 6.07) is 10.7. The van der Waals surface area contributed by atoms with Crippen molar-refractivity contribution in [1.82, 2.24) is 14.9 Å². The number of alkyl halides is 3. The molecule has 0 saturated carbocycles. The lowest BCUT2D eigenvalue weighted by Crippen LogP contribution is -2.53. The monoisotopic (exact) mass is 395 g/mol. The third kappa shape index (κ3) is 5.32. The summed E-state index contributed by atoms with van der Waals surface area (Å²) in [6.07, 6.45) is -3.84. The van der Waals surface area contributed by atoms with Crippen molar-refractivity contribution in [3.8, 4) is 0 Å². The van der Waals surface area contributed by atoms with Crippen molar-refractivity contribution >= 4 is 17.5 Å². The highest BCUT2D eigenvalue weighted by Crippen LogP contribution is 2.21. The van der Waals surface area contributed by atoms with Crippen molar-refractivity contribution in [3.63, 3.8) is 0 Å². The number of aliphatic hydroxyl groups excluding tert-OH is 1. The molecule has 0 radical (unpaired) electrons. The Hall–Kier alpha value is -2.88. The molecule has 28 heavy (non-hydrogen) atoms. The number of piperazine rings is 1. The van der Waals surface area contributed by atoms with E-state index in [1.54, 1.807) is 11.0 Å². The van der Waals surface area contributed by atoms with Crippen molar-refractivity contribution < 1.29 is 23.1 Å². The van der Waals surface area contributed by atoms with E-state index >= 15 is 0 Å². The lowest BCUT2D eigenvalue weighted by Gasteiger charge is -2.35. The molecule has 1 aromatic carbocycles. The van der Waals surface area contributed by atoms with E-state index in [2.05, 4.69) is 15.3 Å². The Bertz CT molecular complexity index is 803. The molecule has 2 heterocycles. The van der Waals surface area contributed by atoms with E-state index in [9.17, 15) is 23.1 Å². The molecule has 1 saturated heterocycles. The first kappa shape index (κ1) is 19.9. The van der Waals surface area contributed by atoms with Crippen LogP contribution in [-0.4, -0.2) is 64.8 Å². The molecule has 7 nitrogen and oxygen atoms in total. The predicted molar refractivity (Wildman–Crippen MR) is 96.8 cm³/mol. The number of amides is 1. The number of anilines is 2. The highest BCUT2D eigenvalue weighted by Gasteiger charge is 2.35. The van der Waals surface area contributed by atoms with Gasteiger partial charge in [-0.1, -0.05) is 30.3 Å². The SMILES string of the molecule is O=C1CN(c2cc(NCC(O)c3ccccc3)ncn2)CCN1CC(F)(F)F. The normalized spacial score (nSPS) is 16.2. The Morgan fingerprint density at radius 3 is 2.61 bits per heavy atom.